The minimum absolute atomic E-state index is 0.0131. The Balaban J connectivity index is 1.84. The van der Waals surface area contributed by atoms with Crippen LogP contribution in [-0.4, -0.2) is 23.1 Å². The van der Waals surface area contributed by atoms with E-state index < -0.39 is 0 Å². The summed E-state index contributed by atoms with van der Waals surface area (Å²) in [6.45, 7) is 2.79. The number of hydrogen-bond acceptors (Lipinski definition) is 2. The minimum atomic E-state index is -0.245. The van der Waals surface area contributed by atoms with E-state index in [9.17, 15) is 9.18 Å². The molecule has 0 aromatic heterocycles. The van der Waals surface area contributed by atoms with Crippen LogP contribution in [0.2, 0.25) is 0 Å². The summed E-state index contributed by atoms with van der Waals surface area (Å²) in [5.41, 5.74) is 2.06. The Bertz CT molecular complexity index is 659. The van der Waals surface area contributed by atoms with Crippen molar-refractivity contribution in [2.24, 2.45) is 0 Å². The molecule has 23 heavy (non-hydrogen) atoms. The highest BCUT2D eigenvalue weighted by Crippen LogP contribution is 2.40. The van der Waals surface area contributed by atoms with Gasteiger partial charge in [0.15, 0.2) is 0 Å². The lowest BCUT2D eigenvalue weighted by molar-refractivity contribution is -0.133. The summed E-state index contributed by atoms with van der Waals surface area (Å²) in [5, 5.41) is -0.0131. The van der Waals surface area contributed by atoms with Gasteiger partial charge in [0.2, 0.25) is 5.91 Å². The second kappa shape index (κ2) is 7.18. The molecule has 4 heteroatoms. The van der Waals surface area contributed by atoms with Crippen LogP contribution in [-0.2, 0) is 4.79 Å². The molecule has 1 aliphatic heterocycles. The molecule has 2 atom stereocenters. The molecule has 0 aliphatic carbocycles. The molecule has 3 rings (SSSR count). The van der Waals surface area contributed by atoms with E-state index in [1.807, 2.05) is 42.2 Å². The van der Waals surface area contributed by atoms with E-state index in [4.69, 9.17) is 0 Å². The van der Waals surface area contributed by atoms with E-state index in [0.717, 1.165) is 29.8 Å². The molecular formula is C19H20FNOS. The van der Waals surface area contributed by atoms with Gasteiger partial charge in [-0.25, -0.2) is 4.39 Å². The number of nitrogens with zero attached hydrogens (tertiary/aromatic N) is 1. The van der Waals surface area contributed by atoms with Crippen molar-refractivity contribution in [1.29, 1.82) is 0 Å². The Labute approximate surface area is 140 Å². The number of halogens is 1. The number of benzene rings is 2. The average Bonchev–Trinajstić information content (AvgIpc) is 3.07. The molecule has 1 aliphatic rings. The monoisotopic (exact) mass is 329 g/mol. The van der Waals surface area contributed by atoms with Crippen LogP contribution in [0.4, 0.5) is 4.39 Å². The Kier molecular flexibility index (Phi) is 5.01. The average molecular weight is 329 g/mol. The molecule has 0 radical (unpaired) electrons. The Hall–Kier alpha value is -1.81. The summed E-state index contributed by atoms with van der Waals surface area (Å²) in [7, 11) is 0. The predicted molar refractivity (Wildman–Crippen MR) is 92.8 cm³/mol. The SMILES string of the molecule is CC[C@H](C(=O)N1CCS[C@@H]1c1ccc(F)cc1)c1ccccc1. The van der Waals surface area contributed by atoms with Crippen LogP contribution < -0.4 is 0 Å². The predicted octanol–water partition coefficient (Wildman–Crippen LogP) is 4.59. The van der Waals surface area contributed by atoms with Crippen molar-refractivity contribution in [3.05, 3.63) is 71.5 Å². The highest BCUT2D eigenvalue weighted by molar-refractivity contribution is 7.99. The van der Waals surface area contributed by atoms with Gasteiger partial charge in [0.1, 0.15) is 11.2 Å². The molecule has 0 unspecified atom stereocenters. The van der Waals surface area contributed by atoms with Gasteiger partial charge in [-0.05, 0) is 29.7 Å². The van der Waals surface area contributed by atoms with Gasteiger partial charge in [-0.2, -0.15) is 0 Å². The largest absolute Gasteiger partial charge is 0.325 e. The van der Waals surface area contributed by atoms with Gasteiger partial charge in [0.05, 0.1) is 5.92 Å². The van der Waals surface area contributed by atoms with Gasteiger partial charge < -0.3 is 4.90 Å². The maximum absolute atomic E-state index is 13.1. The lowest BCUT2D eigenvalue weighted by Gasteiger charge is -2.28. The number of amides is 1. The van der Waals surface area contributed by atoms with Gasteiger partial charge in [-0.1, -0.05) is 49.4 Å². The maximum atomic E-state index is 13.1. The number of carbonyl (C=O) groups is 1. The molecule has 2 aromatic carbocycles. The zero-order valence-corrected chi connectivity index (χ0v) is 13.9. The van der Waals surface area contributed by atoms with E-state index in [0.29, 0.717) is 0 Å². The second-order valence-electron chi connectivity index (χ2n) is 5.68. The fraction of sp³-hybridized carbons (Fsp3) is 0.316. The van der Waals surface area contributed by atoms with Crippen LogP contribution in [0.3, 0.4) is 0 Å². The van der Waals surface area contributed by atoms with Gasteiger partial charge in [0.25, 0.3) is 0 Å². The standard InChI is InChI=1S/C19H20FNOS/c1-2-17(14-6-4-3-5-7-14)18(22)21-12-13-23-19(21)15-8-10-16(20)11-9-15/h3-11,17,19H,2,12-13H2,1H3/t17-,19+/m0/s1. The van der Waals surface area contributed by atoms with Crippen molar-refractivity contribution in [2.45, 2.75) is 24.6 Å². The molecule has 2 aromatic rings. The third-order valence-electron chi connectivity index (χ3n) is 4.24. The molecule has 120 valence electrons. The Morgan fingerprint density at radius 3 is 2.57 bits per heavy atom. The molecule has 1 heterocycles. The van der Waals surface area contributed by atoms with Crippen molar-refractivity contribution in [3.8, 4) is 0 Å². The number of hydrogen-bond donors (Lipinski definition) is 0. The summed E-state index contributed by atoms with van der Waals surface area (Å²) in [5.74, 6) is 0.722. The maximum Gasteiger partial charge on any atom is 0.231 e. The van der Waals surface area contributed by atoms with E-state index in [2.05, 4.69) is 0 Å². The second-order valence-corrected chi connectivity index (χ2v) is 6.87. The van der Waals surface area contributed by atoms with Gasteiger partial charge in [-0.3, -0.25) is 4.79 Å². The van der Waals surface area contributed by atoms with Crippen molar-refractivity contribution in [3.63, 3.8) is 0 Å². The fourth-order valence-electron chi connectivity index (χ4n) is 3.04. The van der Waals surface area contributed by atoms with Crippen LogP contribution in [0, 0.1) is 5.82 Å². The molecule has 0 N–H and O–H groups in total. The van der Waals surface area contributed by atoms with Crippen molar-refractivity contribution < 1.29 is 9.18 Å². The number of carbonyl (C=O) groups excluding carboxylic acids is 1. The van der Waals surface area contributed by atoms with Crippen LogP contribution >= 0.6 is 11.8 Å². The van der Waals surface area contributed by atoms with E-state index in [1.165, 1.54) is 12.1 Å². The zero-order valence-electron chi connectivity index (χ0n) is 13.1. The molecule has 0 bridgehead atoms. The Morgan fingerprint density at radius 2 is 1.91 bits per heavy atom. The smallest absolute Gasteiger partial charge is 0.231 e. The van der Waals surface area contributed by atoms with Crippen molar-refractivity contribution in [2.75, 3.05) is 12.3 Å². The van der Waals surface area contributed by atoms with Gasteiger partial charge in [-0.15, -0.1) is 11.8 Å². The molecule has 0 spiro atoms. The topological polar surface area (TPSA) is 20.3 Å². The van der Waals surface area contributed by atoms with E-state index in [1.54, 1.807) is 23.9 Å². The fourth-order valence-corrected chi connectivity index (χ4v) is 4.30. The summed E-state index contributed by atoms with van der Waals surface area (Å²) >= 11 is 1.74. The lowest BCUT2D eigenvalue weighted by Crippen LogP contribution is -2.34. The third-order valence-corrected chi connectivity index (χ3v) is 5.50. The first kappa shape index (κ1) is 16.1. The quantitative estimate of drug-likeness (QED) is 0.817. The summed E-state index contributed by atoms with van der Waals surface area (Å²) in [4.78, 5) is 15.0. The first-order valence-corrected chi connectivity index (χ1v) is 8.98. The molecule has 0 saturated carbocycles. The summed E-state index contributed by atoms with van der Waals surface area (Å²) in [6, 6.07) is 16.4. The van der Waals surface area contributed by atoms with Crippen LogP contribution in [0.1, 0.15) is 35.8 Å². The Morgan fingerprint density at radius 1 is 1.22 bits per heavy atom. The lowest BCUT2D eigenvalue weighted by atomic mass is 9.95. The van der Waals surface area contributed by atoms with Crippen LogP contribution in [0.5, 0.6) is 0 Å². The molecule has 1 fully saturated rings. The first-order chi connectivity index (χ1) is 11.2. The van der Waals surface area contributed by atoms with Gasteiger partial charge in [0, 0.05) is 12.3 Å². The third kappa shape index (κ3) is 3.42. The normalized spacial score (nSPS) is 18.9. The van der Waals surface area contributed by atoms with E-state index >= 15 is 0 Å². The summed E-state index contributed by atoms with van der Waals surface area (Å²) in [6.07, 6.45) is 0.778. The van der Waals surface area contributed by atoms with Crippen LogP contribution in [0.25, 0.3) is 0 Å². The number of thioether (sulfide) groups is 1. The van der Waals surface area contributed by atoms with Crippen molar-refractivity contribution in [1.82, 2.24) is 4.90 Å². The zero-order chi connectivity index (χ0) is 16.2. The van der Waals surface area contributed by atoms with Crippen LogP contribution in [0.15, 0.2) is 54.6 Å². The first-order valence-electron chi connectivity index (χ1n) is 7.93. The minimum Gasteiger partial charge on any atom is -0.325 e. The summed E-state index contributed by atoms with van der Waals surface area (Å²) < 4.78 is 13.1. The molecule has 1 saturated heterocycles. The van der Waals surface area contributed by atoms with E-state index in [-0.39, 0.29) is 23.0 Å². The highest BCUT2D eigenvalue weighted by Gasteiger charge is 2.34. The molecular weight excluding hydrogens is 309 g/mol. The van der Waals surface area contributed by atoms with Crippen molar-refractivity contribution >= 4 is 17.7 Å². The molecule has 2 nitrogen and oxygen atoms in total. The van der Waals surface area contributed by atoms with Gasteiger partial charge >= 0.3 is 0 Å². The highest BCUT2D eigenvalue weighted by atomic mass is 32.2. The number of rotatable bonds is 4. The molecule has 1 amide bonds.